The first-order valence-electron chi connectivity index (χ1n) is 3.69. The van der Waals surface area contributed by atoms with Crippen LogP contribution in [0, 0.1) is 6.20 Å². The summed E-state index contributed by atoms with van der Waals surface area (Å²) >= 11 is 1.40. The van der Waals surface area contributed by atoms with Crippen LogP contribution in [0.3, 0.4) is 0 Å². The van der Waals surface area contributed by atoms with Crippen molar-refractivity contribution in [3.8, 4) is 10.9 Å². The molecule has 0 amide bonds. The maximum absolute atomic E-state index is 5.53. The summed E-state index contributed by atoms with van der Waals surface area (Å²) in [6, 6.07) is 7.17. The van der Waals surface area contributed by atoms with Gasteiger partial charge in [-0.1, -0.05) is 5.38 Å². The van der Waals surface area contributed by atoms with Crippen molar-refractivity contribution in [1.29, 1.82) is 0 Å². The minimum atomic E-state index is 0. The fourth-order valence-corrected chi connectivity index (χ4v) is 1.32. The Hall–Kier alpha value is -0.446. The number of nitrogen functional groups attached to an aromatic ring is 1. The zero-order valence-corrected chi connectivity index (χ0v) is 11.0. The number of nitrogens with two attached hydrogens (primary N) is 1. The Morgan fingerprint density at radius 2 is 2.00 bits per heavy atom. The van der Waals surface area contributed by atoms with Crippen molar-refractivity contribution in [3.05, 3.63) is 35.8 Å². The van der Waals surface area contributed by atoms with Crippen molar-refractivity contribution in [2.75, 3.05) is 5.73 Å². The predicted molar refractivity (Wildman–Crippen MR) is 51.9 cm³/mol. The molecule has 1 aromatic carbocycles. The summed E-state index contributed by atoms with van der Waals surface area (Å²) in [5, 5.41) is 2.33. The molecule has 0 saturated heterocycles. The molecule has 0 atom stereocenters. The maximum Gasteiger partial charge on any atom is 0.115 e. The minimum Gasteiger partial charge on any atom is -0.518 e. The van der Waals surface area contributed by atoms with Crippen molar-refractivity contribution >= 4 is 17.0 Å². The Balaban J connectivity index is 0.000000980. The van der Waals surface area contributed by atoms with Crippen LogP contribution in [0.2, 0.25) is 0 Å². The Labute approximate surface area is 111 Å². The van der Waals surface area contributed by atoms with Crippen LogP contribution in [0.15, 0.2) is 29.6 Å². The minimum absolute atomic E-state index is 0. The summed E-state index contributed by atoms with van der Waals surface area (Å²) in [6.07, 6.45) is 2.68. The summed E-state index contributed by atoms with van der Waals surface area (Å²) in [7, 11) is 0. The molecule has 5 heteroatoms. The molecule has 1 heterocycles. The van der Waals surface area contributed by atoms with Gasteiger partial charge in [-0.05, 0) is 24.3 Å². The zero-order chi connectivity index (χ0) is 9.10. The van der Waals surface area contributed by atoms with Crippen molar-refractivity contribution in [2.45, 2.75) is 0 Å². The van der Waals surface area contributed by atoms with Crippen molar-refractivity contribution in [2.24, 2.45) is 0 Å². The molecule has 0 spiro atoms. The second-order valence-electron chi connectivity index (χ2n) is 2.41. The number of hydrogen-bond acceptors (Lipinski definition) is 4. The van der Waals surface area contributed by atoms with Gasteiger partial charge in [0.15, 0.2) is 0 Å². The molecule has 1 radical (unpaired) electrons. The van der Waals surface area contributed by atoms with Gasteiger partial charge in [0.05, 0.1) is 0 Å². The van der Waals surface area contributed by atoms with Crippen LogP contribution in [0.5, 0.6) is 10.9 Å². The van der Waals surface area contributed by atoms with E-state index in [1.807, 2.05) is 0 Å². The average Bonchev–Trinajstić information content (AvgIpc) is 2.62. The van der Waals surface area contributed by atoms with Gasteiger partial charge in [-0.3, -0.25) is 0 Å². The van der Waals surface area contributed by atoms with Crippen LogP contribution < -0.4 is 10.5 Å². The number of thiazole rings is 1. The molecule has 1 aromatic heterocycles. The van der Waals surface area contributed by atoms with E-state index in [9.17, 15) is 0 Å². The Bertz CT molecular complexity index is 374. The van der Waals surface area contributed by atoms with Gasteiger partial charge in [-0.25, -0.2) is 11.3 Å². The van der Waals surface area contributed by atoms with Gasteiger partial charge in [0.25, 0.3) is 0 Å². The number of rotatable bonds is 2. The first-order valence-corrected chi connectivity index (χ1v) is 4.57. The molecule has 3 nitrogen and oxygen atoms in total. The molecular formula is C9H7N2OSY-. The molecule has 0 fully saturated rings. The molecule has 2 aromatic rings. The summed E-state index contributed by atoms with van der Waals surface area (Å²) in [5.41, 5.74) is 6.25. The first kappa shape index (κ1) is 11.6. The second kappa shape index (κ2) is 5.44. The van der Waals surface area contributed by atoms with Gasteiger partial charge in [-0.15, -0.1) is 6.20 Å². The summed E-state index contributed by atoms with van der Waals surface area (Å²) < 4.78 is 5.39. The third kappa shape index (κ3) is 3.05. The predicted octanol–water partition coefficient (Wildman–Crippen LogP) is 2.32. The fourth-order valence-electron chi connectivity index (χ4n) is 0.866. The maximum atomic E-state index is 5.53. The van der Waals surface area contributed by atoms with Gasteiger partial charge in [-0.2, -0.15) is 0 Å². The van der Waals surface area contributed by atoms with Gasteiger partial charge < -0.3 is 15.5 Å². The monoisotopic (exact) mass is 280 g/mol. The molecule has 14 heavy (non-hydrogen) atoms. The number of ether oxygens (including phenoxy) is 1. The summed E-state index contributed by atoms with van der Waals surface area (Å²) in [5.74, 6) is 0.734. The Morgan fingerprint density at radius 3 is 2.57 bits per heavy atom. The molecule has 0 saturated carbocycles. The molecule has 2 rings (SSSR count). The average molecular weight is 280 g/mol. The zero-order valence-electron chi connectivity index (χ0n) is 7.31. The van der Waals surface area contributed by atoms with Crippen LogP contribution in [-0.2, 0) is 32.7 Å². The SMILES string of the molecule is Nc1ccc(Oc2n[c-]cs2)cc1.[Y]. The Morgan fingerprint density at radius 1 is 1.29 bits per heavy atom. The number of anilines is 1. The number of benzene rings is 1. The second-order valence-corrected chi connectivity index (χ2v) is 3.23. The van der Waals surface area contributed by atoms with E-state index >= 15 is 0 Å². The van der Waals surface area contributed by atoms with Gasteiger partial charge in [0.1, 0.15) is 10.9 Å². The smallest absolute Gasteiger partial charge is 0.115 e. The third-order valence-electron chi connectivity index (χ3n) is 1.45. The molecule has 0 aliphatic rings. The fraction of sp³-hybridized carbons (Fsp3) is 0. The standard InChI is InChI=1S/C9H7N2OS.Y/c10-7-1-3-8(4-2-7)12-9-11-5-6-13-9;/h1-4,6H,10H2;/q-1;. The Kier molecular flexibility index (Phi) is 4.52. The van der Waals surface area contributed by atoms with E-state index in [0.717, 1.165) is 11.4 Å². The van der Waals surface area contributed by atoms with Gasteiger partial charge in [0, 0.05) is 38.4 Å². The van der Waals surface area contributed by atoms with E-state index < -0.39 is 0 Å². The molecule has 0 aliphatic heterocycles. The third-order valence-corrected chi connectivity index (χ3v) is 2.05. The van der Waals surface area contributed by atoms with E-state index in [1.165, 1.54) is 11.3 Å². The number of hydrogen-bond donors (Lipinski definition) is 1. The van der Waals surface area contributed by atoms with Crippen molar-refractivity contribution in [3.63, 3.8) is 0 Å². The molecule has 0 bridgehead atoms. The van der Waals surface area contributed by atoms with Crippen LogP contribution in [0.4, 0.5) is 5.69 Å². The van der Waals surface area contributed by atoms with Crippen molar-refractivity contribution in [1.82, 2.24) is 4.98 Å². The van der Waals surface area contributed by atoms with E-state index in [0.29, 0.717) is 5.19 Å². The van der Waals surface area contributed by atoms with Gasteiger partial charge >= 0.3 is 0 Å². The molecule has 0 aliphatic carbocycles. The molecule has 0 unspecified atom stereocenters. The molecule has 2 N–H and O–H groups in total. The normalized spacial score (nSPS) is 9.14. The van der Waals surface area contributed by atoms with Gasteiger partial charge in [0.2, 0.25) is 0 Å². The van der Waals surface area contributed by atoms with Crippen LogP contribution in [0.1, 0.15) is 0 Å². The van der Waals surface area contributed by atoms with Crippen molar-refractivity contribution < 1.29 is 37.4 Å². The number of aromatic nitrogens is 1. The molecular weight excluding hydrogens is 273 g/mol. The van der Waals surface area contributed by atoms with E-state index in [2.05, 4.69) is 11.2 Å². The van der Waals surface area contributed by atoms with E-state index in [4.69, 9.17) is 10.5 Å². The van der Waals surface area contributed by atoms with E-state index in [1.54, 1.807) is 29.6 Å². The molecule has 69 valence electrons. The first-order chi connectivity index (χ1) is 6.34. The topological polar surface area (TPSA) is 48.1 Å². The van der Waals surface area contributed by atoms with Crippen LogP contribution >= 0.6 is 11.3 Å². The quantitative estimate of drug-likeness (QED) is 0.678. The van der Waals surface area contributed by atoms with Crippen LogP contribution in [0.25, 0.3) is 0 Å². The summed E-state index contributed by atoms with van der Waals surface area (Å²) in [4.78, 5) is 3.87. The van der Waals surface area contributed by atoms with Crippen LogP contribution in [-0.4, -0.2) is 4.98 Å². The van der Waals surface area contributed by atoms with E-state index in [-0.39, 0.29) is 32.7 Å². The largest absolute Gasteiger partial charge is 0.518 e. The number of nitrogens with zero attached hydrogens (tertiary/aromatic N) is 1. The summed E-state index contributed by atoms with van der Waals surface area (Å²) in [6.45, 7) is 0.